The first-order valence-electron chi connectivity index (χ1n) is 10.0. The summed E-state index contributed by atoms with van der Waals surface area (Å²) in [5, 5.41) is 51.2. The van der Waals surface area contributed by atoms with Crippen LogP contribution >= 0.6 is 0 Å². The van der Waals surface area contributed by atoms with Crippen LogP contribution < -0.4 is 5.43 Å². The van der Waals surface area contributed by atoms with Gasteiger partial charge < -0.3 is 29.9 Å². The summed E-state index contributed by atoms with van der Waals surface area (Å²) in [6.45, 7) is 9.06. The molecule has 7 nitrogen and oxygen atoms in total. The third kappa shape index (κ3) is 4.33. The lowest BCUT2D eigenvalue weighted by atomic mass is 9.96. The Kier molecular flexibility index (Phi) is 6.32. The largest absolute Gasteiger partial charge is 0.508 e. The molecule has 0 bridgehead atoms. The summed E-state index contributed by atoms with van der Waals surface area (Å²) in [4.78, 5) is 13.5. The van der Waals surface area contributed by atoms with Crippen LogP contribution in [0, 0.1) is 0 Å². The van der Waals surface area contributed by atoms with E-state index in [4.69, 9.17) is 4.42 Å². The van der Waals surface area contributed by atoms with Crippen molar-refractivity contribution in [2.24, 2.45) is 0 Å². The van der Waals surface area contributed by atoms with Gasteiger partial charge in [-0.2, -0.15) is 0 Å². The van der Waals surface area contributed by atoms with Gasteiger partial charge in [-0.15, -0.1) is 0 Å². The summed E-state index contributed by atoms with van der Waals surface area (Å²) in [5.41, 5.74) is 1.24. The van der Waals surface area contributed by atoms with Crippen LogP contribution in [0.4, 0.5) is 0 Å². The van der Waals surface area contributed by atoms with E-state index in [1.165, 1.54) is 12.1 Å². The molecule has 1 aromatic heterocycles. The van der Waals surface area contributed by atoms with Crippen molar-refractivity contribution in [1.82, 2.24) is 0 Å². The molecule has 0 saturated carbocycles. The molecule has 0 aliphatic heterocycles. The number of allylic oxidation sites excluding steroid dienone is 2. The minimum absolute atomic E-state index is 0.0357. The molecule has 0 unspecified atom stereocenters. The number of aliphatic hydroxyl groups excluding tert-OH is 1. The number of hydrogen-bond donors (Lipinski definition) is 5. The van der Waals surface area contributed by atoms with E-state index in [0.717, 1.165) is 17.7 Å². The summed E-state index contributed by atoms with van der Waals surface area (Å²) in [6.07, 6.45) is 0.854. The van der Waals surface area contributed by atoms with Gasteiger partial charge in [-0.3, -0.25) is 4.79 Å². The lowest BCUT2D eigenvalue weighted by molar-refractivity contribution is 0.210. The number of rotatable bonds is 6. The van der Waals surface area contributed by atoms with Crippen LogP contribution in [0.1, 0.15) is 31.9 Å². The van der Waals surface area contributed by atoms with Gasteiger partial charge in [0.2, 0.25) is 5.43 Å². The molecule has 0 amide bonds. The average molecular weight is 438 g/mol. The van der Waals surface area contributed by atoms with Crippen molar-refractivity contribution < 1.29 is 29.9 Å². The van der Waals surface area contributed by atoms with E-state index in [0.29, 0.717) is 5.57 Å². The van der Waals surface area contributed by atoms with Crippen LogP contribution in [0.15, 0.2) is 57.3 Å². The maximum absolute atomic E-state index is 13.5. The highest BCUT2D eigenvalue weighted by molar-refractivity contribution is 5.90. The molecule has 1 heterocycles. The molecule has 168 valence electrons. The fourth-order valence-electron chi connectivity index (χ4n) is 3.41. The van der Waals surface area contributed by atoms with Gasteiger partial charge >= 0.3 is 0 Å². The van der Waals surface area contributed by atoms with Gasteiger partial charge in [0.15, 0.2) is 0 Å². The summed E-state index contributed by atoms with van der Waals surface area (Å²) < 4.78 is 6.05. The Morgan fingerprint density at radius 1 is 1.03 bits per heavy atom. The maximum Gasteiger partial charge on any atom is 0.200 e. The van der Waals surface area contributed by atoms with Crippen molar-refractivity contribution >= 4 is 11.0 Å². The van der Waals surface area contributed by atoms with Crippen LogP contribution in [0.25, 0.3) is 22.3 Å². The zero-order chi connectivity index (χ0) is 23.7. The van der Waals surface area contributed by atoms with Crippen LogP contribution in [0.5, 0.6) is 23.0 Å². The lowest BCUT2D eigenvalue weighted by Gasteiger charge is -2.16. The molecule has 0 radical (unpaired) electrons. The Bertz CT molecular complexity index is 1290. The normalized spacial score (nSPS) is 12.0. The minimum atomic E-state index is -1.02. The van der Waals surface area contributed by atoms with Crippen LogP contribution in [-0.4, -0.2) is 31.6 Å². The van der Waals surface area contributed by atoms with E-state index in [2.05, 4.69) is 6.58 Å². The van der Waals surface area contributed by atoms with Crippen molar-refractivity contribution in [3.63, 3.8) is 0 Å². The zero-order valence-electron chi connectivity index (χ0n) is 18.1. The first kappa shape index (κ1) is 23.0. The molecule has 32 heavy (non-hydrogen) atoms. The van der Waals surface area contributed by atoms with E-state index in [-0.39, 0.29) is 63.5 Å². The highest BCUT2D eigenvalue weighted by Crippen LogP contribution is 2.40. The van der Waals surface area contributed by atoms with Crippen LogP contribution in [0.2, 0.25) is 0 Å². The van der Waals surface area contributed by atoms with Crippen molar-refractivity contribution in [3.05, 3.63) is 69.4 Å². The fourth-order valence-corrected chi connectivity index (χ4v) is 3.41. The molecule has 0 aliphatic rings. The maximum atomic E-state index is 13.5. The first-order valence-corrected chi connectivity index (χ1v) is 10.0. The average Bonchev–Trinajstić information content (AvgIpc) is 2.69. The Labute approximate surface area is 184 Å². The molecule has 3 rings (SSSR count). The Morgan fingerprint density at radius 3 is 2.31 bits per heavy atom. The monoisotopic (exact) mass is 438 g/mol. The second kappa shape index (κ2) is 8.80. The molecule has 0 saturated heterocycles. The number of fused-ring (bicyclic) bond motifs is 1. The molecule has 0 fully saturated rings. The molecular formula is C25H26O7. The van der Waals surface area contributed by atoms with Gasteiger partial charge in [0.05, 0.1) is 11.7 Å². The summed E-state index contributed by atoms with van der Waals surface area (Å²) in [5.74, 6) is -1.25. The Balaban J connectivity index is 2.44. The number of aliphatic hydroxyl groups is 1. The molecule has 0 aliphatic carbocycles. The van der Waals surface area contributed by atoms with E-state index < -0.39 is 17.3 Å². The van der Waals surface area contributed by atoms with Gasteiger partial charge in [0.1, 0.15) is 39.7 Å². The van der Waals surface area contributed by atoms with Crippen molar-refractivity contribution in [2.45, 2.75) is 39.7 Å². The summed E-state index contributed by atoms with van der Waals surface area (Å²) in [7, 11) is 0. The van der Waals surface area contributed by atoms with Gasteiger partial charge in [-0.1, -0.05) is 23.8 Å². The van der Waals surface area contributed by atoms with Gasteiger partial charge in [-0.05, 0) is 39.3 Å². The van der Waals surface area contributed by atoms with Crippen molar-refractivity contribution in [2.75, 3.05) is 0 Å². The quantitative estimate of drug-likeness (QED) is 0.363. The minimum Gasteiger partial charge on any atom is -0.508 e. The molecular weight excluding hydrogens is 412 g/mol. The third-order valence-corrected chi connectivity index (χ3v) is 5.23. The molecule has 1 atom stereocenters. The molecule has 5 N–H and O–H groups in total. The number of phenols is 4. The van der Waals surface area contributed by atoms with Crippen molar-refractivity contribution in [1.29, 1.82) is 0 Å². The lowest BCUT2D eigenvalue weighted by Crippen LogP contribution is -2.15. The fraction of sp³-hybridized carbons (Fsp3) is 0.240. The first-order chi connectivity index (χ1) is 15.0. The summed E-state index contributed by atoms with van der Waals surface area (Å²) >= 11 is 0. The summed E-state index contributed by atoms with van der Waals surface area (Å²) in [6, 6.07) is 4.92. The topological polar surface area (TPSA) is 131 Å². The molecule has 3 aromatic rings. The molecule has 0 spiro atoms. The SMILES string of the molecule is C=C(C)[C@H](O)Cc1c(O)cc(O)c2c(=O)c(CC=C(C)C)c(-c3ccc(O)cc3O)oc12. The Hall–Kier alpha value is -3.71. The highest BCUT2D eigenvalue weighted by Gasteiger charge is 2.25. The van der Waals surface area contributed by atoms with Crippen LogP contribution in [0.3, 0.4) is 0 Å². The van der Waals surface area contributed by atoms with Gasteiger partial charge in [0, 0.05) is 29.7 Å². The third-order valence-electron chi connectivity index (χ3n) is 5.23. The molecule has 2 aromatic carbocycles. The van der Waals surface area contributed by atoms with E-state index in [9.17, 15) is 30.3 Å². The van der Waals surface area contributed by atoms with E-state index in [1.54, 1.807) is 6.92 Å². The number of hydrogen-bond acceptors (Lipinski definition) is 7. The van der Waals surface area contributed by atoms with Crippen molar-refractivity contribution in [3.8, 4) is 34.3 Å². The predicted octanol–water partition coefficient (Wildman–Crippen LogP) is 4.27. The Morgan fingerprint density at radius 2 is 1.72 bits per heavy atom. The second-order valence-electron chi connectivity index (χ2n) is 8.09. The van der Waals surface area contributed by atoms with Gasteiger partial charge in [-0.25, -0.2) is 0 Å². The smallest absolute Gasteiger partial charge is 0.200 e. The standard InChI is InChI=1S/C25H26O7/c1-12(2)5-7-16-23(31)22-21(30)11-20(29)17(10-18(27)13(3)4)25(22)32-24(16)15-8-6-14(26)9-19(15)28/h5-6,8-9,11,18,26-30H,3,7,10H2,1-2,4H3/t18-/m1/s1. The number of phenolic OH excluding ortho intramolecular Hbond substituents is 4. The van der Waals surface area contributed by atoms with Crippen LogP contribution in [-0.2, 0) is 12.8 Å². The number of aromatic hydroxyl groups is 4. The zero-order valence-corrected chi connectivity index (χ0v) is 18.1. The highest BCUT2D eigenvalue weighted by atomic mass is 16.3. The van der Waals surface area contributed by atoms with E-state index in [1.807, 2.05) is 19.9 Å². The predicted molar refractivity (Wildman–Crippen MR) is 122 cm³/mol. The molecule has 7 heteroatoms. The van der Waals surface area contributed by atoms with E-state index >= 15 is 0 Å². The van der Waals surface area contributed by atoms with Gasteiger partial charge in [0.25, 0.3) is 0 Å². The second-order valence-corrected chi connectivity index (χ2v) is 8.09. The number of benzene rings is 2.